The normalized spacial score (nSPS) is 12.4. The summed E-state index contributed by atoms with van der Waals surface area (Å²) >= 11 is 0. The molecule has 0 aliphatic carbocycles. The van der Waals surface area contributed by atoms with Gasteiger partial charge in [0.15, 0.2) is 17.5 Å². The first-order valence-corrected chi connectivity index (χ1v) is 12.5. The Morgan fingerprint density at radius 1 is 1.02 bits per heavy atom. The maximum Gasteiger partial charge on any atom is 0.416 e. The molecule has 0 saturated heterocycles. The van der Waals surface area contributed by atoms with Gasteiger partial charge in [-0.3, -0.25) is 4.79 Å². The van der Waals surface area contributed by atoms with Crippen LogP contribution in [0.4, 0.5) is 13.2 Å². The van der Waals surface area contributed by atoms with Gasteiger partial charge in [0.1, 0.15) is 0 Å². The zero-order chi connectivity index (χ0) is 29.1. The number of aliphatic carboxylic acids is 1. The molecule has 1 amide bonds. The summed E-state index contributed by atoms with van der Waals surface area (Å²) in [6.45, 7) is -0.174. The number of alkyl halides is 3. The van der Waals surface area contributed by atoms with Crippen LogP contribution in [-0.2, 0) is 29.4 Å². The average molecular weight is 564 g/mol. The van der Waals surface area contributed by atoms with Gasteiger partial charge >= 0.3 is 12.1 Å². The highest BCUT2D eigenvalue weighted by Gasteiger charge is 2.31. The quantitative estimate of drug-likeness (QED) is 0.231. The Labute approximate surface area is 232 Å². The van der Waals surface area contributed by atoms with Crippen molar-refractivity contribution in [3.05, 3.63) is 102 Å². The molecule has 2 N–H and O–H groups in total. The fraction of sp³-hybridized carbons (Fsp3) is 0.167. The molecule has 0 aliphatic rings. The molecule has 0 aliphatic heterocycles. The Hall–Kier alpha value is -4.90. The Kier molecular flexibility index (Phi) is 7.62. The summed E-state index contributed by atoms with van der Waals surface area (Å²) in [6, 6.07) is 19.2. The summed E-state index contributed by atoms with van der Waals surface area (Å²) in [4.78, 5) is 29.7. The molecule has 0 bridgehead atoms. The lowest BCUT2D eigenvalue weighted by atomic mass is 10.1. The van der Waals surface area contributed by atoms with Crippen molar-refractivity contribution < 1.29 is 37.0 Å². The van der Waals surface area contributed by atoms with E-state index in [2.05, 4.69) is 10.3 Å². The summed E-state index contributed by atoms with van der Waals surface area (Å²) in [5.74, 6) is -2.21. The molecular formula is C30H24F3N3O5. The van der Waals surface area contributed by atoms with Crippen LogP contribution < -0.4 is 5.32 Å². The van der Waals surface area contributed by atoms with Crippen molar-refractivity contribution in [1.82, 2.24) is 14.9 Å². The second-order valence-electron chi connectivity index (χ2n) is 9.31. The first kappa shape index (κ1) is 27.7. The fourth-order valence-corrected chi connectivity index (χ4v) is 4.37. The predicted molar refractivity (Wildman–Crippen MR) is 144 cm³/mol. The lowest BCUT2D eigenvalue weighted by Crippen LogP contribution is -2.44. The van der Waals surface area contributed by atoms with E-state index in [0.717, 1.165) is 28.6 Å². The number of halogens is 3. The van der Waals surface area contributed by atoms with Gasteiger partial charge in [-0.2, -0.15) is 13.2 Å². The van der Waals surface area contributed by atoms with Crippen LogP contribution in [0.1, 0.15) is 21.6 Å². The maximum atomic E-state index is 13.5. The van der Waals surface area contributed by atoms with Gasteiger partial charge in [-0.25, -0.2) is 9.78 Å². The minimum Gasteiger partial charge on any atom is -0.480 e. The van der Waals surface area contributed by atoms with E-state index in [1.807, 2.05) is 66.2 Å². The molecule has 0 spiro atoms. The third-order valence-electron chi connectivity index (χ3n) is 6.44. The number of aromatic nitrogens is 2. The number of carboxylic acids is 1. The van der Waals surface area contributed by atoms with Crippen LogP contribution in [0.2, 0.25) is 0 Å². The highest BCUT2D eigenvalue weighted by atomic mass is 19.4. The van der Waals surface area contributed by atoms with Crippen LogP contribution in [0.15, 0.2) is 89.5 Å². The number of rotatable bonds is 9. The number of aryl methyl sites for hydroxylation is 1. The number of nitrogens with zero attached hydrogens (tertiary/aromatic N) is 2. The number of hydrogen-bond acceptors (Lipinski definition) is 5. The first-order valence-electron chi connectivity index (χ1n) is 12.5. The van der Waals surface area contributed by atoms with Gasteiger partial charge in [0, 0.05) is 35.3 Å². The van der Waals surface area contributed by atoms with Gasteiger partial charge < -0.3 is 24.1 Å². The molecule has 41 heavy (non-hydrogen) atoms. The molecule has 0 saturated carbocycles. The van der Waals surface area contributed by atoms with E-state index in [-0.39, 0.29) is 36.1 Å². The van der Waals surface area contributed by atoms with Gasteiger partial charge in [0.25, 0.3) is 5.91 Å². The Bertz CT molecular complexity index is 1690. The van der Waals surface area contributed by atoms with E-state index in [1.165, 1.54) is 12.1 Å². The van der Waals surface area contributed by atoms with Crippen molar-refractivity contribution in [2.24, 2.45) is 7.05 Å². The number of carbonyl (C=O) groups is 2. The number of para-hydroxylation sites is 1. The number of benzene rings is 3. The van der Waals surface area contributed by atoms with Crippen LogP contribution in [0.3, 0.4) is 0 Å². The summed E-state index contributed by atoms with van der Waals surface area (Å²) in [7, 11) is 1.81. The Morgan fingerprint density at radius 2 is 1.71 bits per heavy atom. The van der Waals surface area contributed by atoms with Crippen molar-refractivity contribution in [2.75, 3.05) is 6.61 Å². The molecule has 0 radical (unpaired) electrons. The minimum absolute atomic E-state index is 0.0449. The molecule has 0 fully saturated rings. The molecule has 5 rings (SSSR count). The summed E-state index contributed by atoms with van der Waals surface area (Å²) < 4.78 is 52.6. The number of amides is 1. The van der Waals surface area contributed by atoms with E-state index in [9.17, 15) is 27.9 Å². The fourth-order valence-electron chi connectivity index (χ4n) is 4.37. The highest BCUT2D eigenvalue weighted by molar-refractivity contribution is 6.04. The summed E-state index contributed by atoms with van der Waals surface area (Å²) in [6.07, 6.45) is -2.79. The van der Waals surface area contributed by atoms with Crippen molar-refractivity contribution in [3.8, 4) is 22.8 Å². The van der Waals surface area contributed by atoms with Gasteiger partial charge in [-0.15, -0.1) is 0 Å². The van der Waals surface area contributed by atoms with Gasteiger partial charge in [-0.05, 0) is 35.9 Å². The molecular weight excluding hydrogens is 539 g/mol. The second kappa shape index (κ2) is 11.3. The van der Waals surface area contributed by atoms with Crippen molar-refractivity contribution in [1.29, 1.82) is 0 Å². The largest absolute Gasteiger partial charge is 0.480 e. The topological polar surface area (TPSA) is 107 Å². The molecule has 3 aromatic carbocycles. The summed E-state index contributed by atoms with van der Waals surface area (Å²) in [5, 5.41) is 12.9. The zero-order valence-corrected chi connectivity index (χ0v) is 21.7. The highest BCUT2D eigenvalue weighted by Crippen LogP contribution is 2.36. The number of carbonyl (C=O) groups excluding carboxylic acids is 1. The number of carboxylic acid groups (broad SMARTS) is 1. The number of hydrogen-bond donors (Lipinski definition) is 2. The molecule has 210 valence electrons. The number of oxazole rings is 1. The maximum absolute atomic E-state index is 13.5. The predicted octanol–water partition coefficient (Wildman–Crippen LogP) is 5.92. The van der Waals surface area contributed by atoms with E-state index in [0.29, 0.717) is 5.56 Å². The van der Waals surface area contributed by atoms with Crippen molar-refractivity contribution >= 4 is 22.8 Å². The molecule has 8 nitrogen and oxygen atoms in total. The molecule has 1 atom stereocenters. The minimum atomic E-state index is -4.53. The monoisotopic (exact) mass is 563 g/mol. The van der Waals surface area contributed by atoms with Crippen LogP contribution in [0.5, 0.6) is 0 Å². The van der Waals surface area contributed by atoms with Crippen molar-refractivity contribution in [3.63, 3.8) is 0 Å². The first-order chi connectivity index (χ1) is 19.6. The van der Waals surface area contributed by atoms with Gasteiger partial charge in [-0.1, -0.05) is 48.5 Å². The molecule has 2 aromatic heterocycles. The van der Waals surface area contributed by atoms with E-state index in [1.54, 1.807) is 6.20 Å². The van der Waals surface area contributed by atoms with Crippen LogP contribution >= 0.6 is 0 Å². The van der Waals surface area contributed by atoms with E-state index in [4.69, 9.17) is 9.15 Å². The average Bonchev–Trinajstić information content (AvgIpc) is 3.54. The number of ether oxygens (including phenoxy) is 1. The van der Waals surface area contributed by atoms with E-state index < -0.39 is 29.7 Å². The Balaban J connectivity index is 1.48. The third kappa shape index (κ3) is 5.99. The molecule has 2 heterocycles. The smallest absolute Gasteiger partial charge is 0.416 e. The standard InChI is InChI=1S/C30H24F3N3O5/c1-36-15-22(21-9-5-6-10-24(21)36)26-25(35-28(41-26)19-11-13-20(14-12-19)30(31,32)33)27(37)34-23(29(38)39)17-40-16-18-7-3-2-4-8-18/h2-15,23H,16-17H2,1H3,(H,34,37)(H,38,39)/t23-/m0/s1. The second-order valence-corrected chi connectivity index (χ2v) is 9.31. The third-order valence-corrected chi connectivity index (χ3v) is 6.44. The Morgan fingerprint density at radius 3 is 2.39 bits per heavy atom. The lowest BCUT2D eigenvalue weighted by Gasteiger charge is -2.14. The van der Waals surface area contributed by atoms with Gasteiger partial charge in [0.05, 0.1) is 18.8 Å². The zero-order valence-electron chi connectivity index (χ0n) is 21.7. The van der Waals surface area contributed by atoms with Gasteiger partial charge in [0.2, 0.25) is 5.89 Å². The lowest BCUT2D eigenvalue weighted by molar-refractivity contribution is -0.141. The summed E-state index contributed by atoms with van der Waals surface area (Å²) in [5.41, 5.74) is 1.31. The SMILES string of the molecule is Cn1cc(-c2oc(-c3ccc(C(F)(F)F)cc3)nc2C(=O)N[C@@H](COCc2ccccc2)C(=O)O)c2ccccc21. The van der Waals surface area contributed by atoms with Crippen LogP contribution in [-0.4, -0.2) is 39.2 Å². The molecule has 0 unspecified atom stereocenters. The molecule has 5 aromatic rings. The van der Waals surface area contributed by atoms with E-state index >= 15 is 0 Å². The van der Waals surface area contributed by atoms with Crippen LogP contribution in [0, 0.1) is 0 Å². The van der Waals surface area contributed by atoms with Crippen LogP contribution in [0.25, 0.3) is 33.7 Å². The number of nitrogens with one attached hydrogen (secondary N) is 1. The number of fused-ring (bicyclic) bond motifs is 1. The van der Waals surface area contributed by atoms with Crippen molar-refractivity contribution in [2.45, 2.75) is 18.8 Å². The molecule has 11 heteroatoms.